The minimum atomic E-state index is -1.04. The molecule has 0 aliphatic heterocycles. The third kappa shape index (κ3) is 4.33. The van der Waals surface area contributed by atoms with Gasteiger partial charge in [-0.2, -0.15) is 0 Å². The standard InChI is InChI=1S/C20H23NO5/c1-20(2,14-5-9-16(25-4)10-6-14)19(24)21(3)15-7-11-17(12-8-15)26-13-18(22)23/h5-12H,13H2,1-4H3,(H,22,23). The summed E-state index contributed by atoms with van der Waals surface area (Å²) in [6.07, 6.45) is 0. The van der Waals surface area contributed by atoms with Gasteiger partial charge in [-0.15, -0.1) is 0 Å². The Bertz CT molecular complexity index is 766. The molecule has 1 N–H and O–H groups in total. The molecule has 6 nitrogen and oxygen atoms in total. The van der Waals surface area contributed by atoms with E-state index in [4.69, 9.17) is 14.6 Å². The van der Waals surface area contributed by atoms with Crippen molar-refractivity contribution in [2.45, 2.75) is 19.3 Å². The van der Waals surface area contributed by atoms with Gasteiger partial charge in [0.05, 0.1) is 12.5 Å². The molecule has 0 radical (unpaired) electrons. The molecule has 0 saturated heterocycles. The molecule has 2 aromatic rings. The number of carbonyl (C=O) groups excluding carboxylic acids is 1. The summed E-state index contributed by atoms with van der Waals surface area (Å²) in [5.74, 6) is 0.0678. The molecule has 0 atom stereocenters. The summed E-state index contributed by atoms with van der Waals surface area (Å²) >= 11 is 0. The molecular formula is C20H23NO5. The third-order valence-electron chi connectivity index (χ3n) is 4.24. The zero-order valence-corrected chi connectivity index (χ0v) is 15.4. The van der Waals surface area contributed by atoms with Crippen LogP contribution in [-0.2, 0) is 15.0 Å². The van der Waals surface area contributed by atoms with Crippen LogP contribution in [0.4, 0.5) is 5.69 Å². The summed E-state index contributed by atoms with van der Waals surface area (Å²) in [7, 11) is 3.31. The summed E-state index contributed by atoms with van der Waals surface area (Å²) < 4.78 is 10.3. The van der Waals surface area contributed by atoms with Crippen LogP contribution >= 0.6 is 0 Å². The van der Waals surface area contributed by atoms with E-state index in [1.165, 1.54) is 0 Å². The molecule has 1 amide bonds. The molecule has 2 aromatic carbocycles. The Morgan fingerprint density at radius 3 is 2.04 bits per heavy atom. The lowest BCUT2D eigenvalue weighted by molar-refractivity contribution is -0.139. The van der Waals surface area contributed by atoms with Gasteiger partial charge in [-0.3, -0.25) is 4.79 Å². The Balaban J connectivity index is 2.15. The number of carbonyl (C=O) groups is 2. The number of ether oxygens (including phenoxy) is 2. The maximum atomic E-state index is 13.0. The molecular weight excluding hydrogens is 334 g/mol. The van der Waals surface area contributed by atoms with E-state index in [0.717, 1.165) is 11.3 Å². The monoisotopic (exact) mass is 357 g/mol. The molecule has 0 unspecified atom stereocenters. The molecule has 0 bridgehead atoms. The van der Waals surface area contributed by atoms with Gasteiger partial charge >= 0.3 is 5.97 Å². The Kier molecular flexibility index (Phi) is 5.87. The number of hydrogen-bond donors (Lipinski definition) is 1. The number of rotatable bonds is 7. The number of anilines is 1. The summed E-state index contributed by atoms with van der Waals surface area (Å²) in [5.41, 5.74) is 0.857. The van der Waals surface area contributed by atoms with Gasteiger partial charge in [0.15, 0.2) is 6.61 Å². The van der Waals surface area contributed by atoms with Crippen molar-refractivity contribution in [1.82, 2.24) is 0 Å². The van der Waals surface area contributed by atoms with Crippen LogP contribution in [0.2, 0.25) is 0 Å². The van der Waals surface area contributed by atoms with E-state index < -0.39 is 18.0 Å². The van der Waals surface area contributed by atoms with Gasteiger partial charge in [0.2, 0.25) is 5.91 Å². The average Bonchev–Trinajstić information content (AvgIpc) is 2.65. The SMILES string of the molecule is COc1ccc(C(C)(C)C(=O)N(C)c2ccc(OCC(=O)O)cc2)cc1. The fourth-order valence-electron chi connectivity index (χ4n) is 2.58. The van der Waals surface area contributed by atoms with E-state index in [1.54, 1.807) is 43.3 Å². The van der Waals surface area contributed by atoms with E-state index in [-0.39, 0.29) is 5.91 Å². The quantitative estimate of drug-likeness (QED) is 0.824. The van der Waals surface area contributed by atoms with Gasteiger partial charge in [0.25, 0.3) is 0 Å². The highest BCUT2D eigenvalue weighted by Gasteiger charge is 2.33. The lowest BCUT2D eigenvalue weighted by Gasteiger charge is -2.30. The van der Waals surface area contributed by atoms with Gasteiger partial charge < -0.3 is 19.5 Å². The van der Waals surface area contributed by atoms with Crippen LogP contribution in [0.5, 0.6) is 11.5 Å². The summed E-state index contributed by atoms with van der Waals surface area (Å²) in [6, 6.07) is 14.2. The van der Waals surface area contributed by atoms with Crippen LogP contribution in [-0.4, -0.2) is 37.7 Å². The topological polar surface area (TPSA) is 76.1 Å². The minimum absolute atomic E-state index is 0.0677. The Hall–Kier alpha value is -3.02. The van der Waals surface area contributed by atoms with Crippen LogP contribution in [0.1, 0.15) is 19.4 Å². The number of amides is 1. The first-order valence-corrected chi connectivity index (χ1v) is 8.13. The Morgan fingerprint density at radius 1 is 1.00 bits per heavy atom. The van der Waals surface area contributed by atoms with Crippen LogP contribution in [0.3, 0.4) is 0 Å². The molecule has 2 rings (SSSR count). The first-order chi connectivity index (χ1) is 12.3. The van der Waals surface area contributed by atoms with Gasteiger partial charge in [-0.05, 0) is 55.8 Å². The van der Waals surface area contributed by atoms with Crippen molar-refractivity contribution in [3.8, 4) is 11.5 Å². The number of aliphatic carboxylic acids is 1. The van der Waals surface area contributed by atoms with E-state index in [2.05, 4.69) is 0 Å². The zero-order chi connectivity index (χ0) is 19.3. The van der Waals surface area contributed by atoms with Crippen molar-refractivity contribution in [1.29, 1.82) is 0 Å². The smallest absolute Gasteiger partial charge is 0.341 e. The van der Waals surface area contributed by atoms with E-state index in [0.29, 0.717) is 11.4 Å². The number of carboxylic acid groups (broad SMARTS) is 1. The first-order valence-electron chi connectivity index (χ1n) is 8.13. The highest BCUT2D eigenvalue weighted by Crippen LogP contribution is 2.29. The van der Waals surface area contributed by atoms with Crippen LogP contribution in [0, 0.1) is 0 Å². The summed E-state index contributed by atoms with van der Waals surface area (Å²) in [5, 5.41) is 8.64. The fraction of sp³-hybridized carbons (Fsp3) is 0.300. The van der Waals surface area contributed by atoms with Gasteiger partial charge in [-0.25, -0.2) is 4.79 Å². The Morgan fingerprint density at radius 2 is 1.54 bits per heavy atom. The summed E-state index contributed by atoms with van der Waals surface area (Å²) in [6.45, 7) is 3.34. The van der Waals surface area contributed by atoms with Crippen LogP contribution in [0.25, 0.3) is 0 Å². The van der Waals surface area contributed by atoms with Crippen LogP contribution in [0.15, 0.2) is 48.5 Å². The number of hydrogen-bond acceptors (Lipinski definition) is 4. The van der Waals surface area contributed by atoms with Crippen molar-refractivity contribution in [3.05, 3.63) is 54.1 Å². The van der Waals surface area contributed by atoms with Crippen molar-refractivity contribution in [3.63, 3.8) is 0 Å². The number of nitrogens with zero attached hydrogens (tertiary/aromatic N) is 1. The van der Waals surface area contributed by atoms with E-state index >= 15 is 0 Å². The number of benzene rings is 2. The zero-order valence-electron chi connectivity index (χ0n) is 15.4. The van der Waals surface area contributed by atoms with Crippen molar-refractivity contribution in [2.24, 2.45) is 0 Å². The molecule has 0 heterocycles. The van der Waals surface area contributed by atoms with E-state index in [9.17, 15) is 9.59 Å². The second-order valence-corrected chi connectivity index (χ2v) is 6.39. The normalized spacial score (nSPS) is 10.9. The number of likely N-dealkylation sites (N-methyl/N-ethyl adjacent to an activating group) is 1. The molecule has 0 aliphatic rings. The fourth-order valence-corrected chi connectivity index (χ4v) is 2.58. The lowest BCUT2D eigenvalue weighted by atomic mass is 9.83. The molecule has 0 spiro atoms. The molecule has 6 heteroatoms. The van der Waals surface area contributed by atoms with E-state index in [1.807, 2.05) is 38.1 Å². The molecule has 0 saturated carbocycles. The lowest BCUT2D eigenvalue weighted by Crippen LogP contribution is -2.41. The second-order valence-electron chi connectivity index (χ2n) is 6.39. The largest absolute Gasteiger partial charge is 0.497 e. The van der Waals surface area contributed by atoms with Crippen molar-refractivity contribution >= 4 is 17.6 Å². The summed E-state index contributed by atoms with van der Waals surface area (Å²) in [4.78, 5) is 25.1. The van der Waals surface area contributed by atoms with Crippen LogP contribution < -0.4 is 14.4 Å². The molecule has 138 valence electrons. The molecule has 0 aliphatic carbocycles. The third-order valence-corrected chi connectivity index (χ3v) is 4.24. The predicted octanol–water partition coefficient (Wildman–Crippen LogP) is 3.10. The van der Waals surface area contributed by atoms with Gasteiger partial charge in [0.1, 0.15) is 11.5 Å². The van der Waals surface area contributed by atoms with Crippen molar-refractivity contribution in [2.75, 3.05) is 25.7 Å². The molecule has 0 aromatic heterocycles. The number of methoxy groups -OCH3 is 1. The minimum Gasteiger partial charge on any atom is -0.497 e. The Labute approximate surface area is 153 Å². The maximum Gasteiger partial charge on any atom is 0.341 e. The maximum absolute atomic E-state index is 13.0. The van der Waals surface area contributed by atoms with Gasteiger partial charge in [-0.1, -0.05) is 12.1 Å². The molecule has 0 fully saturated rings. The predicted molar refractivity (Wildman–Crippen MR) is 99.0 cm³/mol. The van der Waals surface area contributed by atoms with Crippen molar-refractivity contribution < 1.29 is 24.2 Å². The highest BCUT2D eigenvalue weighted by atomic mass is 16.5. The van der Waals surface area contributed by atoms with Gasteiger partial charge in [0, 0.05) is 12.7 Å². The second kappa shape index (κ2) is 7.91. The first kappa shape index (κ1) is 19.3. The number of carboxylic acids is 1. The average molecular weight is 357 g/mol. The highest BCUT2D eigenvalue weighted by molar-refractivity contribution is 6.00. The molecule has 26 heavy (non-hydrogen) atoms.